The molecule has 1 aliphatic heterocycles. The largest absolute Gasteiger partial charge is 0.399 e. The van der Waals surface area contributed by atoms with Crippen molar-refractivity contribution < 1.29 is 9.59 Å². The molecule has 1 saturated heterocycles. The molecule has 3 N–H and O–H groups in total. The first kappa shape index (κ1) is 14.7. The van der Waals surface area contributed by atoms with Gasteiger partial charge in [-0.2, -0.15) is 0 Å². The summed E-state index contributed by atoms with van der Waals surface area (Å²) in [4.78, 5) is 26.1. The van der Waals surface area contributed by atoms with E-state index in [1.807, 2.05) is 25.1 Å². The Kier molecular flexibility index (Phi) is 3.94. The SMILES string of the molecule is Cc1cc(N)ccc1SCCN1C(=O)NC(C)(C)C1=O. The molecule has 0 aliphatic carbocycles. The van der Waals surface area contributed by atoms with Crippen LogP contribution in [0.15, 0.2) is 23.1 Å². The standard InChI is InChI=1S/C14H19N3O2S/c1-9-8-10(15)4-5-11(9)20-7-6-17-12(18)14(2,3)16-13(17)19/h4-5,8H,6-7,15H2,1-3H3,(H,16,19). The highest BCUT2D eigenvalue weighted by Gasteiger charge is 2.43. The Morgan fingerprint density at radius 2 is 2.05 bits per heavy atom. The Labute approximate surface area is 122 Å². The number of nitrogen functional groups attached to an aromatic ring is 1. The van der Waals surface area contributed by atoms with Crippen molar-refractivity contribution in [3.63, 3.8) is 0 Å². The molecule has 5 nitrogen and oxygen atoms in total. The van der Waals surface area contributed by atoms with Crippen molar-refractivity contribution in [2.75, 3.05) is 18.0 Å². The van der Waals surface area contributed by atoms with Crippen molar-refractivity contribution >= 4 is 29.4 Å². The zero-order valence-electron chi connectivity index (χ0n) is 11.9. The van der Waals surface area contributed by atoms with Gasteiger partial charge in [0.15, 0.2) is 0 Å². The molecule has 20 heavy (non-hydrogen) atoms. The molecule has 0 saturated carbocycles. The molecule has 0 unspecified atom stereocenters. The molecule has 1 aliphatic rings. The van der Waals surface area contributed by atoms with Crippen LogP contribution in [0.1, 0.15) is 19.4 Å². The average Bonchev–Trinajstić information content (AvgIpc) is 2.53. The van der Waals surface area contributed by atoms with Gasteiger partial charge in [0.2, 0.25) is 0 Å². The third-order valence-electron chi connectivity index (χ3n) is 3.22. The summed E-state index contributed by atoms with van der Waals surface area (Å²) in [5, 5.41) is 2.67. The highest BCUT2D eigenvalue weighted by atomic mass is 32.2. The summed E-state index contributed by atoms with van der Waals surface area (Å²) < 4.78 is 0. The number of nitrogens with two attached hydrogens (primary N) is 1. The van der Waals surface area contributed by atoms with Gasteiger partial charge in [-0.15, -0.1) is 11.8 Å². The Morgan fingerprint density at radius 1 is 1.35 bits per heavy atom. The molecular formula is C14H19N3O2S. The van der Waals surface area contributed by atoms with Crippen LogP contribution in [-0.2, 0) is 4.79 Å². The van der Waals surface area contributed by atoms with Crippen LogP contribution in [0.4, 0.5) is 10.5 Å². The van der Waals surface area contributed by atoms with Crippen molar-refractivity contribution in [2.45, 2.75) is 31.2 Å². The first-order valence-electron chi connectivity index (χ1n) is 6.44. The number of rotatable bonds is 4. The van der Waals surface area contributed by atoms with E-state index in [4.69, 9.17) is 5.73 Å². The Bertz CT molecular complexity index is 557. The molecule has 1 fully saturated rings. The topological polar surface area (TPSA) is 75.4 Å². The zero-order chi connectivity index (χ0) is 14.9. The third-order valence-corrected chi connectivity index (χ3v) is 4.37. The van der Waals surface area contributed by atoms with E-state index in [-0.39, 0.29) is 11.9 Å². The lowest BCUT2D eigenvalue weighted by molar-refractivity contribution is -0.130. The second-order valence-electron chi connectivity index (χ2n) is 5.39. The number of hydrogen-bond acceptors (Lipinski definition) is 4. The Morgan fingerprint density at radius 3 is 2.60 bits per heavy atom. The third kappa shape index (κ3) is 2.90. The summed E-state index contributed by atoms with van der Waals surface area (Å²) in [5.74, 6) is 0.497. The molecule has 0 atom stereocenters. The van der Waals surface area contributed by atoms with Crippen LogP contribution in [0.3, 0.4) is 0 Å². The van der Waals surface area contributed by atoms with E-state index in [1.165, 1.54) is 4.90 Å². The van der Waals surface area contributed by atoms with E-state index in [1.54, 1.807) is 25.6 Å². The number of carbonyl (C=O) groups is 2. The fourth-order valence-electron chi connectivity index (χ4n) is 2.10. The van der Waals surface area contributed by atoms with Crippen molar-refractivity contribution in [1.82, 2.24) is 10.2 Å². The molecule has 2 rings (SSSR count). The van der Waals surface area contributed by atoms with E-state index in [0.29, 0.717) is 12.3 Å². The van der Waals surface area contributed by atoms with Crippen LogP contribution >= 0.6 is 11.8 Å². The normalized spacial score (nSPS) is 17.4. The molecule has 0 bridgehead atoms. The maximum Gasteiger partial charge on any atom is 0.325 e. The highest BCUT2D eigenvalue weighted by Crippen LogP contribution is 2.25. The van der Waals surface area contributed by atoms with Crippen LogP contribution in [-0.4, -0.2) is 34.7 Å². The van der Waals surface area contributed by atoms with Crippen molar-refractivity contribution in [1.29, 1.82) is 0 Å². The van der Waals surface area contributed by atoms with Crippen molar-refractivity contribution in [3.8, 4) is 0 Å². The molecule has 0 spiro atoms. The number of benzene rings is 1. The minimum atomic E-state index is -0.793. The first-order chi connectivity index (χ1) is 9.31. The summed E-state index contributed by atoms with van der Waals surface area (Å²) in [5.41, 5.74) is 6.76. The summed E-state index contributed by atoms with van der Waals surface area (Å²) in [7, 11) is 0. The molecular weight excluding hydrogens is 274 g/mol. The number of amides is 3. The van der Waals surface area contributed by atoms with Gasteiger partial charge in [0.25, 0.3) is 5.91 Å². The number of aryl methyl sites for hydroxylation is 1. The molecule has 3 amide bonds. The quantitative estimate of drug-likeness (QED) is 0.506. The minimum Gasteiger partial charge on any atom is -0.399 e. The van der Waals surface area contributed by atoms with Gasteiger partial charge < -0.3 is 11.1 Å². The second-order valence-corrected chi connectivity index (χ2v) is 6.52. The van der Waals surface area contributed by atoms with Gasteiger partial charge in [-0.25, -0.2) is 4.79 Å². The van der Waals surface area contributed by atoms with E-state index in [2.05, 4.69) is 5.32 Å². The van der Waals surface area contributed by atoms with Crippen LogP contribution in [0.2, 0.25) is 0 Å². The smallest absolute Gasteiger partial charge is 0.325 e. The number of imide groups is 1. The number of thioether (sulfide) groups is 1. The number of urea groups is 1. The number of nitrogens with one attached hydrogen (secondary N) is 1. The van der Waals surface area contributed by atoms with Crippen LogP contribution in [0.5, 0.6) is 0 Å². The fourth-order valence-corrected chi connectivity index (χ4v) is 3.05. The monoisotopic (exact) mass is 293 g/mol. The fraction of sp³-hybridized carbons (Fsp3) is 0.429. The number of carbonyl (C=O) groups excluding carboxylic acids is 2. The van der Waals surface area contributed by atoms with Crippen LogP contribution in [0, 0.1) is 6.92 Å². The molecule has 1 aromatic carbocycles. The Balaban J connectivity index is 1.93. The lowest BCUT2D eigenvalue weighted by atomic mass is 10.1. The highest BCUT2D eigenvalue weighted by molar-refractivity contribution is 7.99. The molecule has 1 heterocycles. The molecule has 1 aromatic rings. The molecule has 6 heteroatoms. The van der Waals surface area contributed by atoms with Gasteiger partial charge >= 0.3 is 6.03 Å². The average molecular weight is 293 g/mol. The predicted octanol–water partition coefficient (Wildman–Crippen LogP) is 2.00. The van der Waals surface area contributed by atoms with Gasteiger partial charge in [-0.1, -0.05) is 0 Å². The van der Waals surface area contributed by atoms with Gasteiger partial charge in [0.1, 0.15) is 5.54 Å². The van der Waals surface area contributed by atoms with Crippen molar-refractivity contribution in [3.05, 3.63) is 23.8 Å². The number of anilines is 1. The van der Waals surface area contributed by atoms with Gasteiger partial charge in [0, 0.05) is 22.9 Å². The number of hydrogen-bond donors (Lipinski definition) is 2. The van der Waals surface area contributed by atoms with E-state index in [0.717, 1.165) is 16.1 Å². The van der Waals surface area contributed by atoms with E-state index < -0.39 is 5.54 Å². The van der Waals surface area contributed by atoms with Crippen molar-refractivity contribution in [2.24, 2.45) is 0 Å². The lowest BCUT2D eigenvalue weighted by Gasteiger charge is -2.16. The van der Waals surface area contributed by atoms with E-state index in [9.17, 15) is 9.59 Å². The maximum absolute atomic E-state index is 12.0. The molecule has 108 valence electrons. The van der Waals surface area contributed by atoms with Gasteiger partial charge in [-0.05, 0) is 44.5 Å². The van der Waals surface area contributed by atoms with Gasteiger partial charge in [0.05, 0.1) is 0 Å². The van der Waals surface area contributed by atoms with Crippen LogP contribution in [0.25, 0.3) is 0 Å². The molecule has 0 aromatic heterocycles. The van der Waals surface area contributed by atoms with Gasteiger partial charge in [-0.3, -0.25) is 9.69 Å². The van der Waals surface area contributed by atoms with E-state index >= 15 is 0 Å². The second kappa shape index (κ2) is 5.36. The van der Waals surface area contributed by atoms with Crippen LogP contribution < -0.4 is 11.1 Å². The number of nitrogens with zero attached hydrogens (tertiary/aromatic N) is 1. The first-order valence-corrected chi connectivity index (χ1v) is 7.43. The summed E-state index contributed by atoms with van der Waals surface area (Å²) in [6, 6.07) is 5.42. The summed E-state index contributed by atoms with van der Waals surface area (Å²) in [6.45, 7) is 5.83. The lowest BCUT2D eigenvalue weighted by Crippen LogP contribution is -2.40. The minimum absolute atomic E-state index is 0.169. The summed E-state index contributed by atoms with van der Waals surface area (Å²) in [6.07, 6.45) is 0. The summed E-state index contributed by atoms with van der Waals surface area (Å²) >= 11 is 1.62. The predicted molar refractivity (Wildman–Crippen MR) is 80.6 cm³/mol. The Hall–Kier alpha value is -1.69. The zero-order valence-corrected chi connectivity index (χ0v) is 12.7. The molecule has 0 radical (unpaired) electrons. The maximum atomic E-state index is 12.0.